The summed E-state index contributed by atoms with van der Waals surface area (Å²) in [5.41, 5.74) is 3.17. The molecular weight excluding hydrogens is 352 g/mol. The normalized spacial score (nSPS) is 14.8. The largest absolute Gasteiger partial charge is 0.479 e. The molecule has 0 fully saturated rings. The van der Waals surface area contributed by atoms with Crippen molar-refractivity contribution in [2.75, 3.05) is 0 Å². The first-order chi connectivity index (χ1) is 13.5. The van der Waals surface area contributed by atoms with Gasteiger partial charge in [0.1, 0.15) is 5.54 Å². The maximum Gasteiger partial charge on any atom is 0.330 e. The van der Waals surface area contributed by atoms with Crippen LogP contribution < -0.4 is 5.32 Å². The molecule has 0 radical (unpaired) electrons. The summed E-state index contributed by atoms with van der Waals surface area (Å²) < 4.78 is 2.10. The van der Waals surface area contributed by atoms with Gasteiger partial charge in [0, 0.05) is 43.4 Å². The molecule has 1 aromatic heterocycles. The van der Waals surface area contributed by atoms with Crippen LogP contribution in [-0.4, -0.2) is 27.1 Å². The van der Waals surface area contributed by atoms with Gasteiger partial charge in [-0.1, -0.05) is 42.5 Å². The van der Waals surface area contributed by atoms with Gasteiger partial charge in [0.25, 0.3) is 0 Å². The molecule has 1 heterocycles. The third-order valence-electron chi connectivity index (χ3n) is 5.72. The van der Waals surface area contributed by atoms with E-state index in [2.05, 4.69) is 28.2 Å². The molecule has 0 aliphatic heterocycles. The molecule has 2 N–H and O–H groups in total. The van der Waals surface area contributed by atoms with Crippen molar-refractivity contribution in [3.63, 3.8) is 0 Å². The molecular formula is C23H24N2O3. The highest BCUT2D eigenvalue weighted by Gasteiger charge is 2.45. The molecule has 144 valence electrons. The van der Waals surface area contributed by atoms with Gasteiger partial charge in [-0.2, -0.15) is 0 Å². The number of fused-ring (bicyclic) bond motifs is 2. The van der Waals surface area contributed by atoms with Crippen LogP contribution in [0.15, 0.2) is 54.7 Å². The summed E-state index contributed by atoms with van der Waals surface area (Å²) in [6.07, 6.45) is 4.57. The van der Waals surface area contributed by atoms with Crippen LogP contribution in [0, 0.1) is 0 Å². The van der Waals surface area contributed by atoms with Crippen molar-refractivity contribution >= 4 is 22.8 Å². The summed E-state index contributed by atoms with van der Waals surface area (Å²) in [5.74, 6) is -1.17. The maximum absolute atomic E-state index is 12.5. The summed E-state index contributed by atoms with van der Waals surface area (Å²) in [7, 11) is 2.02. The van der Waals surface area contributed by atoms with Crippen molar-refractivity contribution < 1.29 is 14.7 Å². The molecule has 28 heavy (non-hydrogen) atoms. The molecule has 0 saturated carbocycles. The number of rotatable bonds is 6. The van der Waals surface area contributed by atoms with Crippen LogP contribution >= 0.6 is 0 Å². The van der Waals surface area contributed by atoms with E-state index in [0.29, 0.717) is 25.7 Å². The molecule has 4 rings (SSSR count). The molecule has 0 unspecified atom stereocenters. The molecule has 1 aliphatic rings. The average Bonchev–Trinajstić information content (AvgIpc) is 3.21. The zero-order valence-electron chi connectivity index (χ0n) is 15.9. The average molecular weight is 376 g/mol. The van der Waals surface area contributed by atoms with Crippen molar-refractivity contribution in [1.29, 1.82) is 0 Å². The highest BCUT2D eigenvalue weighted by atomic mass is 16.4. The number of aromatic nitrogens is 1. The smallest absolute Gasteiger partial charge is 0.330 e. The molecule has 0 atom stereocenters. The minimum Gasteiger partial charge on any atom is -0.479 e. The van der Waals surface area contributed by atoms with Crippen LogP contribution in [0.25, 0.3) is 10.9 Å². The van der Waals surface area contributed by atoms with E-state index in [1.165, 1.54) is 16.5 Å². The van der Waals surface area contributed by atoms with Crippen LogP contribution in [0.4, 0.5) is 0 Å². The Morgan fingerprint density at radius 3 is 2.39 bits per heavy atom. The lowest BCUT2D eigenvalue weighted by molar-refractivity contribution is -0.147. The van der Waals surface area contributed by atoms with Gasteiger partial charge in [0.2, 0.25) is 5.91 Å². The molecule has 1 aliphatic carbocycles. The van der Waals surface area contributed by atoms with E-state index >= 15 is 0 Å². The molecule has 5 heteroatoms. The highest BCUT2D eigenvalue weighted by molar-refractivity contribution is 5.89. The van der Waals surface area contributed by atoms with Crippen molar-refractivity contribution in [1.82, 2.24) is 9.88 Å². The van der Waals surface area contributed by atoms with Gasteiger partial charge in [0.15, 0.2) is 0 Å². The van der Waals surface area contributed by atoms with Gasteiger partial charge in [0.05, 0.1) is 0 Å². The third-order valence-corrected chi connectivity index (χ3v) is 5.72. The number of nitrogens with one attached hydrogen (secondary N) is 1. The second-order valence-electron chi connectivity index (χ2n) is 7.69. The van der Waals surface area contributed by atoms with Crippen LogP contribution in [-0.2, 0) is 35.9 Å². The lowest BCUT2D eigenvalue weighted by atomic mass is 9.95. The number of carbonyl (C=O) groups excluding carboxylic acids is 1. The first-order valence-corrected chi connectivity index (χ1v) is 9.63. The summed E-state index contributed by atoms with van der Waals surface area (Å²) >= 11 is 0. The lowest BCUT2D eigenvalue weighted by Crippen LogP contribution is -2.55. The fourth-order valence-corrected chi connectivity index (χ4v) is 4.30. The summed E-state index contributed by atoms with van der Waals surface area (Å²) in [6, 6.07) is 15.9. The molecule has 0 spiro atoms. The number of hydrogen-bond acceptors (Lipinski definition) is 2. The number of carbonyl (C=O) groups is 2. The summed E-state index contributed by atoms with van der Waals surface area (Å²) in [6.45, 7) is 0. The Morgan fingerprint density at radius 2 is 1.71 bits per heavy atom. The Hall–Kier alpha value is -3.08. The Balaban J connectivity index is 1.39. The monoisotopic (exact) mass is 376 g/mol. The lowest BCUT2D eigenvalue weighted by Gasteiger charge is -2.25. The highest BCUT2D eigenvalue weighted by Crippen LogP contribution is 2.30. The Bertz CT molecular complexity index is 1030. The molecule has 2 aromatic carbocycles. The third kappa shape index (κ3) is 3.28. The quantitative estimate of drug-likeness (QED) is 0.694. The van der Waals surface area contributed by atoms with Crippen LogP contribution in [0.2, 0.25) is 0 Å². The van der Waals surface area contributed by atoms with Gasteiger partial charge in [-0.3, -0.25) is 4.79 Å². The SMILES string of the molecule is Cn1cc(CCCC(=O)NC2(C(=O)O)Cc3ccccc3C2)c2ccccc21. The van der Waals surface area contributed by atoms with Crippen molar-refractivity contribution in [2.24, 2.45) is 7.05 Å². The molecule has 1 amide bonds. The first-order valence-electron chi connectivity index (χ1n) is 9.63. The Morgan fingerprint density at radius 1 is 1.07 bits per heavy atom. The Kier molecular flexibility index (Phi) is 4.67. The van der Waals surface area contributed by atoms with Gasteiger partial charge in [-0.25, -0.2) is 4.79 Å². The number of hydrogen-bond donors (Lipinski definition) is 2. The predicted molar refractivity (Wildman–Crippen MR) is 108 cm³/mol. The number of benzene rings is 2. The molecule has 3 aromatic rings. The van der Waals surface area contributed by atoms with E-state index in [0.717, 1.165) is 17.5 Å². The van der Waals surface area contributed by atoms with Crippen molar-refractivity contribution in [2.45, 2.75) is 37.6 Å². The van der Waals surface area contributed by atoms with Crippen LogP contribution in [0.3, 0.4) is 0 Å². The molecule has 5 nitrogen and oxygen atoms in total. The second kappa shape index (κ2) is 7.15. The summed E-state index contributed by atoms with van der Waals surface area (Å²) in [5, 5.41) is 13.8. The fourth-order valence-electron chi connectivity index (χ4n) is 4.30. The van der Waals surface area contributed by atoms with E-state index in [9.17, 15) is 14.7 Å². The van der Waals surface area contributed by atoms with E-state index in [1.807, 2.05) is 43.4 Å². The van der Waals surface area contributed by atoms with Gasteiger partial charge in [-0.05, 0) is 35.6 Å². The molecule has 0 saturated heterocycles. The second-order valence-corrected chi connectivity index (χ2v) is 7.69. The van der Waals surface area contributed by atoms with E-state index in [-0.39, 0.29) is 5.91 Å². The first kappa shape index (κ1) is 18.3. The topological polar surface area (TPSA) is 71.3 Å². The standard InChI is InChI=1S/C23H24N2O3/c1-25-15-18(19-10-4-5-11-20(19)25)9-6-12-21(26)24-23(22(27)28)13-16-7-2-3-8-17(16)14-23/h2-5,7-8,10-11,15H,6,9,12-14H2,1H3,(H,24,26)(H,27,28). The number of amides is 1. The number of aliphatic carboxylic acids is 1. The van der Waals surface area contributed by atoms with E-state index in [4.69, 9.17) is 0 Å². The number of carboxylic acid groups (broad SMARTS) is 1. The minimum atomic E-state index is -1.22. The Labute approximate surface area is 164 Å². The van der Waals surface area contributed by atoms with Gasteiger partial charge >= 0.3 is 5.97 Å². The van der Waals surface area contributed by atoms with E-state index < -0.39 is 11.5 Å². The van der Waals surface area contributed by atoms with Crippen LogP contribution in [0.1, 0.15) is 29.5 Å². The molecule has 0 bridgehead atoms. The van der Waals surface area contributed by atoms with Gasteiger partial charge in [-0.15, -0.1) is 0 Å². The zero-order valence-corrected chi connectivity index (χ0v) is 15.9. The predicted octanol–water partition coefficient (Wildman–Crippen LogP) is 3.24. The summed E-state index contributed by atoms with van der Waals surface area (Å²) in [4.78, 5) is 24.5. The maximum atomic E-state index is 12.5. The minimum absolute atomic E-state index is 0.199. The zero-order chi connectivity index (χ0) is 19.7. The van der Waals surface area contributed by atoms with E-state index in [1.54, 1.807) is 0 Å². The number of para-hydroxylation sites is 1. The van der Waals surface area contributed by atoms with Crippen molar-refractivity contribution in [3.05, 3.63) is 71.4 Å². The van der Waals surface area contributed by atoms with Crippen molar-refractivity contribution in [3.8, 4) is 0 Å². The van der Waals surface area contributed by atoms with Gasteiger partial charge < -0.3 is 15.0 Å². The number of aryl methyl sites for hydroxylation is 2. The van der Waals surface area contributed by atoms with Crippen LogP contribution in [0.5, 0.6) is 0 Å². The number of nitrogens with zero attached hydrogens (tertiary/aromatic N) is 1. The number of carboxylic acids is 1. The fraction of sp³-hybridized carbons (Fsp3) is 0.304.